The highest BCUT2D eigenvalue weighted by atomic mass is 16.3. The van der Waals surface area contributed by atoms with Crippen LogP contribution in [0.5, 0.6) is 0 Å². The Bertz CT molecular complexity index is 380. The summed E-state index contributed by atoms with van der Waals surface area (Å²) in [7, 11) is 0. The lowest BCUT2D eigenvalue weighted by Gasteiger charge is -2.11. The van der Waals surface area contributed by atoms with Gasteiger partial charge in [0.05, 0.1) is 6.10 Å². The average molecular weight is 234 g/mol. The van der Waals surface area contributed by atoms with Gasteiger partial charge in [-0.3, -0.25) is 4.79 Å². The first-order chi connectivity index (χ1) is 8.16. The molecular weight excluding hydrogens is 216 g/mol. The predicted octanol–water partition coefficient (Wildman–Crippen LogP) is 0.196. The van der Waals surface area contributed by atoms with Gasteiger partial charge in [-0.05, 0) is 24.8 Å². The van der Waals surface area contributed by atoms with Crippen molar-refractivity contribution in [2.45, 2.75) is 37.5 Å². The Morgan fingerprint density at radius 3 is 2.71 bits per heavy atom. The summed E-state index contributed by atoms with van der Waals surface area (Å²) in [5, 5.41) is 12.7. The molecule has 0 aliphatic carbocycles. The van der Waals surface area contributed by atoms with Crippen molar-refractivity contribution >= 4 is 5.91 Å². The summed E-state index contributed by atoms with van der Waals surface area (Å²) in [6.07, 6.45) is 1.80. The highest BCUT2D eigenvalue weighted by Crippen LogP contribution is 2.17. The molecule has 1 aromatic rings. The number of carbonyl (C=O) groups excluding carboxylic acids is 1. The molecule has 1 saturated heterocycles. The van der Waals surface area contributed by atoms with E-state index in [1.807, 2.05) is 18.2 Å². The van der Waals surface area contributed by atoms with Gasteiger partial charge in [-0.2, -0.15) is 0 Å². The van der Waals surface area contributed by atoms with Crippen LogP contribution < -0.4 is 11.1 Å². The van der Waals surface area contributed by atoms with Crippen LogP contribution >= 0.6 is 0 Å². The van der Waals surface area contributed by atoms with E-state index in [0.29, 0.717) is 6.42 Å². The number of nitrogens with one attached hydrogen (secondary N) is 1. The molecule has 1 aliphatic heterocycles. The number of aliphatic hydroxyl groups is 1. The van der Waals surface area contributed by atoms with Gasteiger partial charge in [0.25, 0.3) is 0 Å². The molecule has 1 heterocycles. The molecule has 0 spiro atoms. The number of aryl methyl sites for hydroxylation is 1. The summed E-state index contributed by atoms with van der Waals surface area (Å²) >= 11 is 0. The van der Waals surface area contributed by atoms with Gasteiger partial charge in [0, 0.05) is 6.04 Å². The van der Waals surface area contributed by atoms with E-state index in [-0.39, 0.29) is 6.04 Å². The van der Waals surface area contributed by atoms with Gasteiger partial charge in [0.15, 0.2) is 0 Å². The molecule has 3 unspecified atom stereocenters. The maximum Gasteiger partial charge on any atom is 0.237 e. The molecule has 0 saturated carbocycles. The minimum absolute atomic E-state index is 0.169. The zero-order valence-corrected chi connectivity index (χ0v) is 9.67. The first-order valence-electron chi connectivity index (χ1n) is 5.94. The molecule has 2 rings (SSSR count). The highest BCUT2D eigenvalue weighted by molar-refractivity contribution is 5.81. The van der Waals surface area contributed by atoms with Crippen molar-refractivity contribution in [1.29, 1.82) is 0 Å². The molecule has 1 aromatic carbocycles. The number of hydrogen-bond acceptors (Lipinski definition) is 3. The van der Waals surface area contributed by atoms with Crippen LogP contribution in [0.25, 0.3) is 0 Å². The fraction of sp³-hybridized carbons (Fsp3) is 0.462. The monoisotopic (exact) mass is 234 g/mol. The maximum absolute atomic E-state index is 11.0. The van der Waals surface area contributed by atoms with Gasteiger partial charge in [-0.25, -0.2) is 0 Å². The molecule has 0 bridgehead atoms. The first kappa shape index (κ1) is 12.1. The normalized spacial score (nSPS) is 28.2. The average Bonchev–Trinajstić information content (AvgIpc) is 2.69. The van der Waals surface area contributed by atoms with E-state index in [9.17, 15) is 9.90 Å². The van der Waals surface area contributed by atoms with Crippen LogP contribution in [0.15, 0.2) is 30.3 Å². The van der Waals surface area contributed by atoms with E-state index in [1.54, 1.807) is 0 Å². The molecule has 1 amide bonds. The molecular formula is C13H18N2O2. The SMILES string of the molecule is NC(=O)C1NC(CCc2ccccc2)CC1O. The largest absolute Gasteiger partial charge is 0.391 e. The van der Waals surface area contributed by atoms with E-state index in [1.165, 1.54) is 5.56 Å². The van der Waals surface area contributed by atoms with Crippen molar-refractivity contribution in [1.82, 2.24) is 5.32 Å². The van der Waals surface area contributed by atoms with E-state index >= 15 is 0 Å². The van der Waals surface area contributed by atoms with Crippen molar-refractivity contribution < 1.29 is 9.90 Å². The number of aliphatic hydroxyl groups excluding tert-OH is 1. The summed E-state index contributed by atoms with van der Waals surface area (Å²) in [6.45, 7) is 0. The summed E-state index contributed by atoms with van der Waals surface area (Å²) in [6, 6.07) is 9.76. The maximum atomic E-state index is 11.0. The number of rotatable bonds is 4. The van der Waals surface area contributed by atoms with Crippen LogP contribution in [0, 0.1) is 0 Å². The van der Waals surface area contributed by atoms with E-state index in [0.717, 1.165) is 12.8 Å². The summed E-state index contributed by atoms with van der Waals surface area (Å²) in [4.78, 5) is 11.0. The van der Waals surface area contributed by atoms with Crippen molar-refractivity contribution in [3.63, 3.8) is 0 Å². The van der Waals surface area contributed by atoms with Crippen molar-refractivity contribution in [2.24, 2.45) is 5.73 Å². The van der Waals surface area contributed by atoms with Crippen molar-refractivity contribution in [3.8, 4) is 0 Å². The molecule has 4 heteroatoms. The van der Waals surface area contributed by atoms with Crippen molar-refractivity contribution in [3.05, 3.63) is 35.9 Å². The van der Waals surface area contributed by atoms with E-state index < -0.39 is 18.1 Å². The Labute approximate surface area is 101 Å². The summed E-state index contributed by atoms with van der Waals surface area (Å²) < 4.78 is 0. The third-order valence-electron chi connectivity index (χ3n) is 3.26. The smallest absolute Gasteiger partial charge is 0.237 e. The molecule has 3 atom stereocenters. The number of benzene rings is 1. The van der Waals surface area contributed by atoms with Gasteiger partial charge in [-0.15, -0.1) is 0 Å². The van der Waals surface area contributed by atoms with Crippen LogP contribution in [0.2, 0.25) is 0 Å². The summed E-state index contributed by atoms with van der Waals surface area (Å²) in [5.74, 6) is -0.472. The second kappa shape index (κ2) is 5.29. The lowest BCUT2D eigenvalue weighted by molar-refractivity contribution is -0.121. The lowest BCUT2D eigenvalue weighted by atomic mass is 10.0. The van der Waals surface area contributed by atoms with Gasteiger partial charge < -0.3 is 16.2 Å². The number of carbonyl (C=O) groups is 1. The molecule has 1 aliphatic rings. The molecule has 17 heavy (non-hydrogen) atoms. The van der Waals surface area contributed by atoms with E-state index in [4.69, 9.17) is 5.73 Å². The second-order valence-electron chi connectivity index (χ2n) is 4.57. The van der Waals surface area contributed by atoms with Crippen LogP contribution in [0.3, 0.4) is 0 Å². The number of amides is 1. The molecule has 92 valence electrons. The van der Waals surface area contributed by atoms with Crippen molar-refractivity contribution in [2.75, 3.05) is 0 Å². The molecule has 1 fully saturated rings. The Morgan fingerprint density at radius 1 is 1.41 bits per heavy atom. The van der Waals surface area contributed by atoms with Gasteiger partial charge >= 0.3 is 0 Å². The molecule has 4 N–H and O–H groups in total. The predicted molar refractivity (Wildman–Crippen MR) is 65.3 cm³/mol. The van der Waals surface area contributed by atoms with E-state index in [2.05, 4.69) is 17.4 Å². The summed E-state index contributed by atoms with van der Waals surface area (Å²) in [5.41, 5.74) is 6.47. The van der Waals surface area contributed by atoms with Crippen LogP contribution in [0.4, 0.5) is 0 Å². The quantitative estimate of drug-likeness (QED) is 0.696. The van der Waals surface area contributed by atoms with Crippen LogP contribution in [0.1, 0.15) is 18.4 Å². The third-order valence-corrected chi connectivity index (χ3v) is 3.26. The standard InChI is InChI=1S/C13H18N2O2/c14-13(17)12-11(16)8-10(15-12)7-6-9-4-2-1-3-5-9/h1-5,10-12,15-16H,6-8H2,(H2,14,17). The minimum Gasteiger partial charge on any atom is -0.391 e. The third kappa shape index (κ3) is 3.05. The number of hydrogen-bond donors (Lipinski definition) is 3. The number of primary amides is 1. The Balaban J connectivity index is 1.84. The zero-order valence-electron chi connectivity index (χ0n) is 9.67. The minimum atomic E-state index is -0.645. The molecule has 4 nitrogen and oxygen atoms in total. The zero-order chi connectivity index (χ0) is 12.3. The molecule has 0 aromatic heterocycles. The van der Waals surface area contributed by atoms with Gasteiger partial charge in [0.2, 0.25) is 5.91 Å². The van der Waals surface area contributed by atoms with Crippen LogP contribution in [-0.4, -0.2) is 29.2 Å². The molecule has 0 radical (unpaired) electrons. The fourth-order valence-corrected chi connectivity index (χ4v) is 2.32. The Hall–Kier alpha value is -1.39. The second-order valence-corrected chi connectivity index (χ2v) is 4.57. The Morgan fingerprint density at radius 2 is 2.12 bits per heavy atom. The van der Waals surface area contributed by atoms with Gasteiger partial charge in [-0.1, -0.05) is 30.3 Å². The highest BCUT2D eigenvalue weighted by Gasteiger charge is 2.35. The number of nitrogens with two attached hydrogens (primary N) is 1. The fourth-order valence-electron chi connectivity index (χ4n) is 2.32. The van der Waals surface area contributed by atoms with Crippen LogP contribution in [-0.2, 0) is 11.2 Å². The lowest BCUT2D eigenvalue weighted by Crippen LogP contribution is -2.44. The van der Waals surface area contributed by atoms with Gasteiger partial charge in [0.1, 0.15) is 6.04 Å². The first-order valence-corrected chi connectivity index (χ1v) is 5.94. The topological polar surface area (TPSA) is 75.4 Å². The Kier molecular flexibility index (Phi) is 3.76.